The van der Waals surface area contributed by atoms with Crippen LogP contribution < -0.4 is 0 Å². The van der Waals surface area contributed by atoms with E-state index < -0.39 is 5.60 Å². The van der Waals surface area contributed by atoms with Crippen molar-refractivity contribution in [3.63, 3.8) is 0 Å². The van der Waals surface area contributed by atoms with E-state index in [0.29, 0.717) is 12.0 Å². The molecule has 0 aromatic carbocycles. The second-order valence-corrected chi connectivity index (χ2v) is 9.11. The standard InChI is InChI=1S/C23H39NO2/c1-5-6-7-8-9-10-13-16-20-18-19-15-12-11-14-17-21(19)24(20)22(25)26-23(2,3)4/h19-21H,5-9,11-12,14-18H2,1-4H3/t19-,20+,21-/m1/s1. The smallest absolute Gasteiger partial charge is 0.410 e. The average molecular weight is 362 g/mol. The summed E-state index contributed by atoms with van der Waals surface area (Å²) in [6, 6.07) is 0.602. The summed E-state index contributed by atoms with van der Waals surface area (Å²) in [6.45, 7) is 8.10. The van der Waals surface area contributed by atoms with Gasteiger partial charge in [-0.25, -0.2) is 4.79 Å². The van der Waals surface area contributed by atoms with Gasteiger partial charge in [-0.1, -0.05) is 45.4 Å². The van der Waals surface area contributed by atoms with E-state index in [0.717, 1.165) is 25.7 Å². The number of unbranched alkanes of at least 4 members (excludes halogenated alkanes) is 4. The Kier molecular flexibility index (Phi) is 8.32. The average Bonchev–Trinajstić information content (AvgIpc) is 2.74. The summed E-state index contributed by atoms with van der Waals surface area (Å²) in [5.41, 5.74) is -0.435. The molecule has 1 saturated carbocycles. The summed E-state index contributed by atoms with van der Waals surface area (Å²) in [5.74, 6) is 7.36. The first-order valence-corrected chi connectivity index (χ1v) is 10.9. The summed E-state index contributed by atoms with van der Waals surface area (Å²) in [4.78, 5) is 15.0. The lowest BCUT2D eigenvalue weighted by atomic mass is 9.94. The monoisotopic (exact) mass is 361 g/mol. The number of amides is 1. The van der Waals surface area contributed by atoms with E-state index in [1.54, 1.807) is 0 Å². The molecule has 2 aliphatic rings. The summed E-state index contributed by atoms with van der Waals surface area (Å²) in [7, 11) is 0. The third-order valence-electron chi connectivity index (χ3n) is 5.67. The molecule has 1 saturated heterocycles. The van der Waals surface area contributed by atoms with Crippen LogP contribution in [0.15, 0.2) is 0 Å². The predicted molar refractivity (Wildman–Crippen MR) is 108 cm³/mol. The quantitative estimate of drug-likeness (QED) is 0.424. The van der Waals surface area contributed by atoms with Gasteiger partial charge in [0.15, 0.2) is 0 Å². The number of ether oxygens (including phenoxy) is 1. The van der Waals surface area contributed by atoms with Crippen LogP contribution in [0.25, 0.3) is 0 Å². The fourth-order valence-corrected chi connectivity index (χ4v) is 4.44. The molecular weight excluding hydrogens is 322 g/mol. The maximum atomic E-state index is 12.9. The van der Waals surface area contributed by atoms with Crippen molar-refractivity contribution in [1.82, 2.24) is 4.90 Å². The molecule has 0 spiro atoms. The van der Waals surface area contributed by atoms with E-state index in [2.05, 4.69) is 23.7 Å². The fourth-order valence-electron chi connectivity index (χ4n) is 4.44. The van der Waals surface area contributed by atoms with E-state index in [1.807, 2.05) is 20.8 Å². The lowest BCUT2D eigenvalue weighted by Crippen LogP contribution is -2.45. The van der Waals surface area contributed by atoms with Crippen LogP contribution in [0.3, 0.4) is 0 Å². The molecule has 2 rings (SSSR count). The molecular formula is C23H39NO2. The number of likely N-dealkylation sites (tertiary alicyclic amines) is 1. The Morgan fingerprint density at radius 1 is 1.08 bits per heavy atom. The zero-order valence-electron chi connectivity index (χ0n) is 17.5. The summed E-state index contributed by atoms with van der Waals surface area (Å²) in [6.07, 6.45) is 14.1. The van der Waals surface area contributed by atoms with Crippen LogP contribution in [0.2, 0.25) is 0 Å². The molecule has 3 nitrogen and oxygen atoms in total. The van der Waals surface area contributed by atoms with Crippen LogP contribution in [0, 0.1) is 17.8 Å². The van der Waals surface area contributed by atoms with Crippen LogP contribution >= 0.6 is 0 Å². The number of fused-ring (bicyclic) bond motifs is 1. The van der Waals surface area contributed by atoms with Gasteiger partial charge < -0.3 is 9.64 Å². The van der Waals surface area contributed by atoms with Gasteiger partial charge in [-0.3, -0.25) is 0 Å². The van der Waals surface area contributed by atoms with Crippen molar-refractivity contribution < 1.29 is 9.53 Å². The molecule has 26 heavy (non-hydrogen) atoms. The number of hydrogen-bond acceptors (Lipinski definition) is 2. The van der Waals surface area contributed by atoms with Crippen LogP contribution in [0.1, 0.15) is 105 Å². The SMILES string of the molecule is CCCCCCC#CC[C@H]1C[C@H]2CCCCC[C@H]2N1C(=O)OC(C)(C)C. The van der Waals surface area contributed by atoms with Crippen LogP contribution in [-0.4, -0.2) is 28.7 Å². The van der Waals surface area contributed by atoms with Crippen molar-refractivity contribution in [3.8, 4) is 11.8 Å². The molecule has 3 heteroatoms. The lowest BCUT2D eigenvalue weighted by Gasteiger charge is -2.32. The molecule has 0 aromatic heterocycles. The topological polar surface area (TPSA) is 29.5 Å². The Morgan fingerprint density at radius 3 is 2.58 bits per heavy atom. The van der Waals surface area contributed by atoms with Crippen molar-refractivity contribution in [2.45, 2.75) is 122 Å². The molecule has 2 fully saturated rings. The third-order valence-corrected chi connectivity index (χ3v) is 5.67. The van der Waals surface area contributed by atoms with Gasteiger partial charge >= 0.3 is 6.09 Å². The maximum absolute atomic E-state index is 12.9. The first kappa shape index (κ1) is 21.1. The van der Waals surface area contributed by atoms with E-state index in [1.165, 1.54) is 51.4 Å². The van der Waals surface area contributed by atoms with Crippen molar-refractivity contribution in [2.24, 2.45) is 5.92 Å². The van der Waals surface area contributed by atoms with Crippen molar-refractivity contribution in [1.29, 1.82) is 0 Å². The molecule has 0 radical (unpaired) electrons. The summed E-state index contributed by atoms with van der Waals surface area (Å²) in [5, 5.41) is 0. The fraction of sp³-hybridized carbons (Fsp3) is 0.870. The maximum Gasteiger partial charge on any atom is 0.410 e. The number of hydrogen-bond donors (Lipinski definition) is 0. The van der Waals surface area contributed by atoms with Crippen molar-refractivity contribution in [3.05, 3.63) is 0 Å². The molecule has 0 N–H and O–H groups in total. The molecule has 1 aliphatic heterocycles. The highest BCUT2D eigenvalue weighted by Crippen LogP contribution is 2.40. The Bertz CT molecular complexity index is 497. The number of carbonyl (C=O) groups is 1. The molecule has 3 atom stereocenters. The molecule has 1 aliphatic carbocycles. The first-order valence-electron chi connectivity index (χ1n) is 10.9. The van der Waals surface area contributed by atoms with Crippen LogP contribution in [0.5, 0.6) is 0 Å². The number of carbonyl (C=O) groups excluding carboxylic acids is 1. The minimum Gasteiger partial charge on any atom is -0.444 e. The second-order valence-electron chi connectivity index (χ2n) is 9.11. The number of rotatable bonds is 5. The van der Waals surface area contributed by atoms with Gasteiger partial charge in [-0.05, 0) is 52.4 Å². The molecule has 1 amide bonds. The van der Waals surface area contributed by atoms with E-state index in [-0.39, 0.29) is 12.1 Å². The molecule has 0 bridgehead atoms. The second kappa shape index (κ2) is 10.2. The normalized spacial score (nSPS) is 25.8. The van der Waals surface area contributed by atoms with Gasteiger partial charge in [0.05, 0.1) is 0 Å². The minimum atomic E-state index is -0.435. The Hall–Kier alpha value is -1.17. The Labute approximate surface area is 161 Å². The van der Waals surface area contributed by atoms with Crippen LogP contribution in [0.4, 0.5) is 4.79 Å². The van der Waals surface area contributed by atoms with Gasteiger partial charge in [-0.2, -0.15) is 0 Å². The lowest BCUT2D eigenvalue weighted by molar-refractivity contribution is 0.0127. The van der Waals surface area contributed by atoms with Gasteiger partial charge in [0, 0.05) is 24.9 Å². The van der Waals surface area contributed by atoms with Crippen molar-refractivity contribution in [2.75, 3.05) is 0 Å². The highest BCUT2D eigenvalue weighted by molar-refractivity contribution is 5.69. The summed E-state index contributed by atoms with van der Waals surface area (Å²) < 4.78 is 5.75. The third kappa shape index (κ3) is 6.53. The van der Waals surface area contributed by atoms with Gasteiger partial charge in [0.1, 0.15) is 5.60 Å². The summed E-state index contributed by atoms with van der Waals surface area (Å²) >= 11 is 0. The minimum absolute atomic E-state index is 0.123. The molecule has 0 aromatic rings. The van der Waals surface area contributed by atoms with Crippen molar-refractivity contribution >= 4 is 6.09 Å². The number of nitrogens with zero attached hydrogens (tertiary/aromatic N) is 1. The van der Waals surface area contributed by atoms with E-state index >= 15 is 0 Å². The predicted octanol–water partition coefficient (Wildman–Crippen LogP) is 6.31. The highest BCUT2D eigenvalue weighted by atomic mass is 16.6. The van der Waals surface area contributed by atoms with Gasteiger partial charge in [0.2, 0.25) is 0 Å². The largest absolute Gasteiger partial charge is 0.444 e. The Balaban J connectivity index is 1.98. The van der Waals surface area contributed by atoms with Crippen LogP contribution in [-0.2, 0) is 4.74 Å². The zero-order valence-corrected chi connectivity index (χ0v) is 17.5. The van der Waals surface area contributed by atoms with E-state index in [4.69, 9.17) is 4.74 Å². The van der Waals surface area contributed by atoms with E-state index in [9.17, 15) is 4.79 Å². The zero-order chi connectivity index (χ0) is 19.0. The molecule has 148 valence electrons. The van der Waals surface area contributed by atoms with Gasteiger partial charge in [-0.15, -0.1) is 11.8 Å². The highest BCUT2D eigenvalue weighted by Gasteiger charge is 2.44. The molecule has 1 heterocycles. The molecule has 0 unspecified atom stereocenters. The Morgan fingerprint density at radius 2 is 1.85 bits per heavy atom. The first-order chi connectivity index (χ1) is 12.4. The van der Waals surface area contributed by atoms with Gasteiger partial charge in [0.25, 0.3) is 0 Å².